The van der Waals surface area contributed by atoms with Crippen LogP contribution < -0.4 is 15.4 Å². The van der Waals surface area contributed by atoms with Crippen molar-refractivity contribution < 1.29 is 13.2 Å². The van der Waals surface area contributed by atoms with E-state index in [1.807, 2.05) is 66.7 Å². The summed E-state index contributed by atoms with van der Waals surface area (Å²) in [6.45, 7) is 3.62. The molecule has 0 spiro atoms. The fourth-order valence-electron chi connectivity index (χ4n) is 4.45. The zero-order valence-electron chi connectivity index (χ0n) is 21.3. The van der Waals surface area contributed by atoms with Gasteiger partial charge in [-0.1, -0.05) is 30.3 Å². The van der Waals surface area contributed by atoms with Gasteiger partial charge in [-0.3, -0.25) is 0 Å². The van der Waals surface area contributed by atoms with Crippen LogP contribution in [0.3, 0.4) is 0 Å². The molecule has 1 saturated heterocycles. The van der Waals surface area contributed by atoms with E-state index in [4.69, 9.17) is 4.74 Å². The predicted octanol–water partition coefficient (Wildman–Crippen LogP) is 4.87. The van der Waals surface area contributed by atoms with Crippen molar-refractivity contribution in [2.75, 3.05) is 48.3 Å². The number of rotatable bonds is 11. The van der Waals surface area contributed by atoms with Gasteiger partial charge in [0.05, 0.1) is 17.0 Å². The Morgan fingerprint density at radius 2 is 1.63 bits per heavy atom. The number of hydrogen-bond donors (Lipinski definition) is 2. The van der Waals surface area contributed by atoms with E-state index < -0.39 is 9.84 Å². The van der Waals surface area contributed by atoms with E-state index >= 15 is 0 Å². The molecule has 0 atom stereocenters. The van der Waals surface area contributed by atoms with E-state index in [0.717, 1.165) is 65.3 Å². The Morgan fingerprint density at radius 1 is 0.868 bits per heavy atom. The normalized spacial score (nSPS) is 15.3. The van der Waals surface area contributed by atoms with Gasteiger partial charge in [0.1, 0.15) is 24.5 Å². The molecule has 2 heterocycles. The summed E-state index contributed by atoms with van der Waals surface area (Å²) >= 11 is 0. The van der Waals surface area contributed by atoms with Crippen molar-refractivity contribution in [2.45, 2.75) is 19.4 Å². The first kappa shape index (κ1) is 25.9. The number of ether oxygens (including phenoxy) is 1. The third kappa shape index (κ3) is 7.20. The highest BCUT2D eigenvalue weighted by molar-refractivity contribution is 7.91. The molecule has 8 nitrogen and oxygen atoms in total. The summed E-state index contributed by atoms with van der Waals surface area (Å²) in [6, 6.07) is 24.1. The van der Waals surface area contributed by atoms with Crippen molar-refractivity contribution in [1.82, 2.24) is 14.9 Å². The van der Waals surface area contributed by atoms with E-state index in [9.17, 15) is 8.42 Å². The number of sulfone groups is 1. The zero-order valence-corrected chi connectivity index (χ0v) is 22.2. The Hall–Kier alpha value is -3.69. The fourth-order valence-corrected chi connectivity index (χ4v) is 5.72. The average molecular weight is 532 g/mol. The topological polar surface area (TPSA) is 96.5 Å². The second-order valence-corrected chi connectivity index (χ2v) is 11.8. The first-order chi connectivity index (χ1) is 18.5. The van der Waals surface area contributed by atoms with Crippen LogP contribution in [0.15, 0.2) is 79.1 Å². The third-order valence-corrected chi connectivity index (χ3v) is 8.28. The molecule has 38 heavy (non-hydrogen) atoms. The van der Waals surface area contributed by atoms with Gasteiger partial charge in [-0.2, -0.15) is 0 Å². The van der Waals surface area contributed by atoms with E-state index in [-0.39, 0.29) is 11.5 Å². The average Bonchev–Trinajstić information content (AvgIpc) is 2.94. The zero-order chi connectivity index (χ0) is 26.2. The van der Waals surface area contributed by atoms with Crippen LogP contribution in [0, 0.1) is 0 Å². The molecule has 3 aromatic carbocycles. The standard InChI is InChI=1S/C29H33N5O3S/c35-38(36)18-16-34(17-19-38)15-5-4-14-30-25-10-13-28-27(20-25)29(32-22-31-28)33-24-8-11-26(12-9-24)37-21-23-6-2-1-3-7-23/h1-3,6-13,20,22,30H,4-5,14-19,21H2,(H,31,32,33). The van der Waals surface area contributed by atoms with Crippen LogP contribution in [0.2, 0.25) is 0 Å². The van der Waals surface area contributed by atoms with Gasteiger partial charge in [-0.05, 0) is 67.4 Å². The summed E-state index contributed by atoms with van der Waals surface area (Å²) in [5.74, 6) is 2.13. The van der Waals surface area contributed by atoms with Crippen LogP contribution in [0.4, 0.5) is 17.2 Å². The Balaban J connectivity index is 1.14. The molecule has 0 amide bonds. The Morgan fingerprint density at radius 3 is 2.42 bits per heavy atom. The quantitative estimate of drug-likeness (QED) is 0.265. The largest absolute Gasteiger partial charge is 0.489 e. The van der Waals surface area contributed by atoms with Crippen LogP contribution in [-0.4, -0.2) is 61.0 Å². The highest BCUT2D eigenvalue weighted by atomic mass is 32.2. The van der Waals surface area contributed by atoms with Crippen molar-refractivity contribution >= 4 is 37.9 Å². The number of hydrogen-bond acceptors (Lipinski definition) is 8. The molecule has 5 rings (SSSR count). The SMILES string of the molecule is O=S1(=O)CCN(CCCCNc2ccc3ncnc(Nc4ccc(OCc5ccccc5)cc4)c3c2)CC1. The molecule has 0 aliphatic carbocycles. The minimum absolute atomic E-state index is 0.285. The molecule has 0 saturated carbocycles. The minimum Gasteiger partial charge on any atom is -0.489 e. The summed E-state index contributed by atoms with van der Waals surface area (Å²) in [5, 5.41) is 7.85. The van der Waals surface area contributed by atoms with Crippen molar-refractivity contribution in [1.29, 1.82) is 0 Å². The van der Waals surface area contributed by atoms with Crippen LogP contribution in [0.1, 0.15) is 18.4 Å². The van der Waals surface area contributed by atoms with E-state index in [0.29, 0.717) is 19.7 Å². The molecule has 0 unspecified atom stereocenters. The number of unbranched alkanes of at least 4 members (excludes halogenated alkanes) is 1. The lowest BCUT2D eigenvalue weighted by Crippen LogP contribution is -2.40. The van der Waals surface area contributed by atoms with Gasteiger partial charge < -0.3 is 20.3 Å². The summed E-state index contributed by atoms with van der Waals surface area (Å²) in [7, 11) is -2.82. The van der Waals surface area contributed by atoms with Crippen molar-refractivity contribution in [3.63, 3.8) is 0 Å². The van der Waals surface area contributed by atoms with E-state index in [1.165, 1.54) is 0 Å². The molecule has 1 aromatic heterocycles. The van der Waals surface area contributed by atoms with Crippen LogP contribution in [-0.2, 0) is 16.4 Å². The van der Waals surface area contributed by atoms with Crippen LogP contribution in [0.25, 0.3) is 10.9 Å². The number of fused-ring (bicyclic) bond motifs is 1. The number of aromatic nitrogens is 2. The van der Waals surface area contributed by atoms with Gasteiger partial charge in [0.15, 0.2) is 9.84 Å². The van der Waals surface area contributed by atoms with Crippen LogP contribution in [0.5, 0.6) is 5.75 Å². The molecule has 1 aliphatic heterocycles. The predicted molar refractivity (Wildman–Crippen MR) is 153 cm³/mol. The van der Waals surface area contributed by atoms with Crippen molar-refractivity contribution in [3.05, 3.63) is 84.7 Å². The number of benzene rings is 3. The van der Waals surface area contributed by atoms with Gasteiger partial charge in [0, 0.05) is 36.4 Å². The highest BCUT2D eigenvalue weighted by Gasteiger charge is 2.20. The maximum Gasteiger partial charge on any atom is 0.152 e. The Labute approximate surface area is 224 Å². The first-order valence-corrected chi connectivity index (χ1v) is 14.8. The minimum atomic E-state index is -2.82. The fraction of sp³-hybridized carbons (Fsp3) is 0.310. The second kappa shape index (κ2) is 12.2. The molecule has 1 fully saturated rings. The molecular weight excluding hydrogens is 498 g/mol. The first-order valence-electron chi connectivity index (χ1n) is 13.0. The molecular formula is C29H33N5O3S. The van der Waals surface area contributed by atoms with Gasteiger partial charge in [-0.25, -0.2) is 18.4 Å². The lowest BCUT2D eigenvalue weighted by Gasteiger charge is -2.26. The molecule has 198 valence electrons. The molecule has 4 aromatic rings. The smallest absolute Gasteiger partial charge is 0.152 e. The van der Waals surface area contributed by atoms with Crippen molar-refractivity contribution in [2.24, 2.45) is 0 Å². The summed E-state index contributed by atoms with van der Waals surface area (Å²) in [5.41, 5.74) is 3.94. The third-order valence-electron chi connectivity index (χ3n) is 6.67. The Bertz CT molecular complexity index is 1430. The lowest BCUT2D eigenvalue weighted by atomic mass is 10.2. The second-order valence-electron chi connectivity index (χ2n) is 9.51. The monoisotopic (exact) mass is 531 g/mol. The number of anilines is 3. The molecule has 0 bridgehead atoms. The summed E-state index contributed by atoms with van der Waals surface area (Å²) < 4.78 is 29.0. The summed E-state index contributed by atoms with van der Waals surface area (Å²) in [6.07, 6.45) is 3.61. The number of nitrogens with zero attached hydrogens (tertiary/aromatic N) is 3. The molecule has 9 heteroatoms. The molecule has 2 N–H and O–H groups in total. The van der Waals surface area contributed by atoms with E-state index in [1.54, 1.807) is 6.33 Å². The van der Waals surface area contributed by atoms with Crippen LogP contribution >= 0.6 is 0 Å². The van der Waals surface area contributed by atoms with E-state index in [2.05, 4.69) is 31.6 Å². The Kier molecular flexibility index (Phi) is 8.35. The van der Waals surface area contributed by atoms with Gasteiger partial charge in [-0.15, -0.1) is 0 Å². The lowest BCUT2D eigenvalue weighted by molar-refractivity contribution is 0.290. The van der Waals surface area contributed by atoms with Gasteiger partial charge in [0.25, 0.3) is 0 Å². The van der Waals surface area contributed by atoms with Crippen molar-refractivity contribution in [3.8, 4) is 5.75 Å². The molecule has 1 aliphatic rings. The van der Waals surface area contributed by atoms with Gasteiger partial charge in [0.2, 0.25) is 0 Å². The molecule has 0 radical (unpaired) electrons. The summed E-state index contributed by atoms with van der Waals surface area (Å²) in [4.78, 5) is 11.1. The van der Waals surface area contributed by atoms with Gasteiger partial charge >= 0.3 is 0 Å². The number of nitrogens with one attached hydrogen (secondary N) is 2. The maximum absolute atomic E-state index is 11.6. The maximum atomic E-state index is 11.6. The highest BCUT2D eigenvalue weighted by Crippen LogP contribution is 2.27.